The van der Waals surface area contributed by atoms with Gasteiger partial charge in [-0.2, -0.15) is 0 Å². The number of rotatable bonds is 7. The molecule has 2 aliphatic rings. The van der Waals surface area contributed by atoms with Gasteiger partial charge < -0.3 is 4.90 Å². The van der Waals surface area contributed by atoms with Crippen LogP contribution in [0, 0.1) is 22.0 Å². The number of benzene rings is 1. The second kappa shape index (κ2) is 7.76. The lowest BCUT2D eigenvalue weighted by Crippen LogP contribution is -2.39. The fraction of sp³-hybridized carbons (Fsp3) is 0.714. The van der Waals surface area contributed by atoms with Crippen molar-refractivity contribution in [2.45, 2.75) is 77.7 Å². The van der Waals surface area contributed by atoms with Gasteiger partial charge in [-0.25, -0.2) is 0 Å². The first-order valence-corrected chi connectivity index (χ1v) is 10.1. The van der Waals surface area contributed by atoms with Crippen LogP contribution in [0.5, 0.6) is 0 Å². The Morgan fingerprint density at radius 2 is 1.96 bits per heavy atom. The number of anilines is 1. The summed E-state index contributed by atoms with van der Waals surface area (Å²) in [6.07, 6.45) is 8.45. The smallest absolute Gasteiger partial charge is 0.292 e. The number of nitrogens with zero attached hydrogens (tertiary/aromatic N) is 2. The third-order valence-electron chi connectivity index (χ3n) is 5.96. The fourth-order valence-electron chi connectivity index (χ4n) is 4.50. The first-order chi connectivity index (χ1) is 12.0. The van der Waals surface area contributed by atoms with Crippen molar-refractivity contribution in [1.82, 2.24) is 0 Å². The Labute approximate surface area is 151 Å². The van der Waals surface area contributed by atoms with E-state index in [1.165, 1.54) is 32.1 Å². The molecule has 0 amide bonds. The largest absolute Gasteiger partial charge is 0.363 e. The van der Waals surface area contributed by atoms with Gasteiger partial charge in [0.1, 0.15) is 5.69 Å². The quantitative estimate of drug-likeness (QED) is 0.457. The monoisotopic (exact) mass is 344 g/mol. The number of nitro groups is 1. The predicted molar refractivity (Wildman–Crippen MR) is 103 cm³/mol. The van der Waals surface area contributed by atoms with E-state index < -0.39 is 0 Å². The summed E-state index contributed by atoms with van der Waals surface area (Å²) in [4.78, 5) is 14.0. The molecule has 0 N–H and O–H groups in total. The lowest BCUT2D eigenvalue weighted by molar-refractivity contribution is -0.384. The molecule has 0 aliphatic heterocycles. The number of nitro benzene ring substituents is 1. The minimum atomic E-state index is -0.168. The molecule has 2 saturated carbocycles. The van der Waals surface area contributed by atoms with Gasteiger partial charge in [-0.3, -0.25) is 10.1 Å². The van der Waals surface area contributed by atoms with Gasteiger partial charge in [0.15, 0.2) is 0 Å². The molecule has 0 radical (unpaired) electrons. The van der Waals surface area contributed by atoms with E-state index in [4.69, 9.17) is 0 Å². The number of hydrogen-bond donors (Lipinski definition) is 0. The van der Waals surface area contributed by atoms with Crippen LogP contribution >= 0.6 is 0 Å². The van der Waals surface area contributed by atoms with E-state index in [0.717, 1.165) is 36.6 Å². The van der Waals surface area contributed by atoms with E-state index >= 15 is 0 Å². The normalized spacial score (nSPS) is 23.7. The molecule has 1 aromatic carbocycles. The fourth-order valence-corrected chi connectivity index (χ4v) is 4.50. The predicted octanol–water partition coefficient (Wildman–Crippen LogP) is 5.90. The van der Waals surface area contributed by atoms with Crippen LogP contribution in [-0.4, -0.2) is 17.5 Å². The van der Waals surface area contributed by atoms with Gasteiger partial charge in [0.2, 0.25) is 0 Å². The summed E-state index contributed by atoms with van der Waals surface area (Å²) in [6, 6.07) is 6.50. The molecule has 25 heavy (non-hydrogen) atoms. The van der Waals surface area contributed by atoms with Crippen molar-refractivity contribution in [3.8, 4) is 0 Å². The van der Waals surface area contributed by atoms with Gasteiger partial charge in [0.25, 0.3) is 5.69 Å². The zero-order chi connectivity index (χ0) is 18.0. The summed E-state index contributed by atoms with van der Waals surface area (Å²) >= 11 is 0. The highest BCUT2D eigenvalue weighted by molar-refractivity contribution is 5.65. The maximum atomic E-state index is 11.8. The van der Waals surface area contributed by atoms with Crippen LogP contribution in [0.15, 0.2) is 18.2 Å². The van der Waals surface area contributed by atoms with Gasteiger partial charge in [-0.1, -0.05) is 52.5 Å². The Bertz CT molecular complexity index is 608. The molecule has 2 atom stereocenters. The van der Waals surface area contributed by atoms with Crippen LogP contribution < -0.4 is 4.90 Å². The van der Waals surface area contributed by atoms with Crippen LogP contribution in [-0.2, 0) is 0 Å². The zero-order valence-corrected chi connectivity index (χ0v) is 15.9. The Balaban J connectivity index is 1.92. The van der Waals surface area contributed by atoms with Crippen LogP contribution in [0.3, 0.4) is 0 Å². The second-order valence-electron chi connectivity index (χ2n) is 8.35. The van der Waals surface area contributed by atoms with E-state index in [9.17, 15) is 10.1 Å². The van der Waals surface area contributed by atoms with E-state index in [-0.39, 0.29) is 4.92 Å². The topological polar surface area (TPSA) is 46.4 Å². The highest BCUT2D eigenvalue weighted by Crippen LogP contribution is 2.50. The van der Waals surface area contributed by atoms with E-state index in [0.29, 0.717) is 23.6 Å². The van der Waals surface area contributed by atoms with Gasteiger partial charge in [0.05, 0.1) is 4.92 Å². The highest BCUT2D eigenvalue weighted by atomic mass is 16.6. The zero-order valence-electron chi connectivity index (χ0n) is 15.9. The van der Waals surface area contributed by atoms with Crippen molar-refractivity contribution in [2.24, 2.45) is 11.8 Å². The summed E-state index contributed by atoms with van der Waals surface area (Å²) in [5.74, 6) is 1.75. The molecule has 0 spiro atoms. The molecule has 1 aromatic rings. The lowest BCUT2D eigenvalue weighted by Gasteiger charge is -2.37. The third kappa shape index (κ3) is 4.16. The standard InChI is InChI=1S/C21H32N2O2/c1-4-16-12-19(16)17-10-11-20(21(13-17)23(24)25)22(14-15(2)3)18-8-6-5-7-9-18/h10-11,13,15-16,18-19H,4-9,12,14H2,1-3H3. The molecule has 0 bridgehead atoms. The van der Waals surface area contributed by atoms with Gasteiger partial charge in [0, 0.05) is 18.7 Å². The molecular weight excluding hydrogens is 312 g/mol. The molecule has 2 fully saturated rings. The van der Waals surface area contributed by atoms with Crippen molar-refractivity contribution < 1.29 is 4.92 Å². The van der Waals surface area contributed by atoms with Crippen molar-refractivity contribution in [3.63, 3.8) is 0 Å². The Kier molecular flexibility index (Phi) is 5.65. The first kappa shape index (κ1) is 18.2. The summed E-state index contributed by atoms with van der Waals surface area (Å²) in [5, 5.41) is 11.8. The van der Waals surface area contributed by atoms with Crippen molar-refractivity contribution in [2.75, 3.05) is 11.4 Å². The summed E-state index contributed by atoms with van der Waals surface area (Å²) in [7, 11) is 0. The molecule has 2 aliphatic carbocycles. The minimum absolute atomic E-state index is 0.168. The molecule has 4 heteroatoms. The van der Waals surface area contributed by atoms with Crippen LogP contribution in [0.1, 0.15) is 77.2 Å². The molecule has 0 heterocycles. The van der Waals surface area contributed by atoms with Crippen LogP contribution in [0.4, 0.5) is 11.4 Å². The Morgan fingerprint density at radius 1 is 1.24 bits per heavy atom. The third-order valence-corrected chi connectivity index (χ3v) is 5.96. The summed E-state index contributed by atoms with van der Waals surface area (Å²) < 4.78 is 0. The maximum Gasteiger partial charge on any atom is 0.292 e. The Morgan fingerprint density at radius 3 is 2.52 bits per heavy atom. The van der Waals surface area contributed by atoms with E-state index in [1.54, 1.807) is 0 Å². The van der Waals surface area contributed by atoms with Crippen molar-refractivity contribution in [3.05, 3.63) is 33.9 Å². The van der Waals surface area contributed by atoms with Crippen LogP contribution in [0.25, 0.3) is 0 Å². The minimum Gasteiger partial charge on any atom is -0.363 e. The van der Waals surface area contributed by atoms with Crippen molar-refractivity contribution >= 4 is 11.4 Å². The van der Waals surface area contributed by atoms with Gasteiger partial charge >= 0.3 is 0 Å². The SMILES string of the molecule is CCC1CC1c1ccc(N(CC(C)C)C2CCCCC2)c([N+](=O)[O-])c1. The molecule has 0 aromatic heterocycles. The van der Waals surface area contributed by atoms with Gasteiger partial charge in [-0.05, 0) is 48.6 Å². The second-order valence-corrected chi connectivity index (χ2v) is 8.35. The van der Waals surface area contributed by atoms with Gasteiger partial charge in [-0.15, -0.1) is 0 Å². The Hall–Kier alpha value is -1.58. The first-order valence-electron chi connectivity index (χ1n) is 10.1. The molecule has 0 saturated heterocycles. The number of hydrogen-bond acceptors (Lipinski definition) is 3. The molecule has 4 nitrogen and oxygen atoms in total. The van der Waals surface area contributed by atoms with E-state index in [1.807, 2.05) is 12.1 Å². The molecule has 2 unspecified atom stereocenters. The van der Waals surface area contributed by atoms with Crippen molar-refractivity contribution in [1.29, 1.82) is 0 Å². The average molecular weight is 344 g/mol. The van der Waals surface area contributed by atoms with Crippen LogP contribution in [0.2, 0.25) is 0 Å². The molecule has 3 rings (SSSR count). The summed E-state index contributed by atoms with van der Waals surface area (Å²) in [6.45, 7) is 7.50. The van der Waals surface area contributed by atoms with E-state index in [2.05, 4.69) is 31.7 Å². The maximum absolute atomic E-state index is 11.8. The highest BCUT2D eigenvalue weighted by Gasteiger charge is 2.38. The average Bonchev–Trinajstić information content (AvgIpc) is 3.39. The molecular formula is C21H32N2O2. The lowest BCUT2D eigenvalue weighted by atomic mass is 9.92. The molecule has 138 valence electrons. The summed E-state index contributed by atoms with van der Waals surface area (Å²) in [5.41, 5.74) is 2.31.